The van der Waals surface area contributed by atoms with Gasteiger partial charge in [0.05, 0.1) is 28.1 Å². The van der Waals surface area contributed by atoms with Crippen molar-refractivity contribution in [3.63, 3.8) is 0 Å². The second-order valence-corrected chi connectivity index (χ2v) is 7.25. The van der Waals surface area contributed by atoms with E-state index in [1.54, 1.807) is 9.13 Å². The van der Waals surface area contributed by atoms with E-state index < -0.39 is 0 Å². The van der Waals surface area contributed by atoms with Crippen LogP contribution in [-0.2, 0) is 17.9 Å². The molecule has 1 amide bonds. The van der Waals surface area contributed by atoms with Crippen molar-refractivity contribution in [2.24, 2.45) is 0 Å². The topological polar surface area (TPSA) is 84.7 Å². The van der Waals surface area contributed by atoms with Crippen LogP contribution in [0.5, 0.6) is 0 Å². The average Bonchev–Trinajstić information content (AvgIpc) is 3.27. The fourth-order valence-electron chi connectivity index (χ4n) is 3.70. The minimum atomic E-state index is -0.243. The molecule has 2 N–H and O–H groups in total. The quantitative estimate of drug-likeness (QED) is 0.507. The zero-order valence-corrected chi connectivity index (χ0v) is 16.7. The minimum Gasteiger partial charge on any atom is -0.346 e. The van der Waals surface area contributed by atoms with Gasteiger partial charge in [0.1, 0.15) is 5.82 Å². The lowest BCUT2D eigenvalue weighted by Crippen LogP contribution is -2.30. The van der Waals surface area contributed by atoms with Gasteiger partial charge in [-0.3, -0.25) is 13.9 Å². The van der Waals surface area contributed by atoms with Crippen molar-refractivity contribution >= 4 is 28.0 Å². The molecule has 150 valence electrons. The summed E-state index contributed by atoms with van der Waals surface area (Å²) in [5.41, 5.74) is 3.53. The third kappa shape index (κ3) is 3.68. The number of hydrogen-bond acceptors (Lipinski definition) is 3. The minimum absolute atomic E-state index is 0.0637. The van der Waals surface area contributed by atoms with Crippen molar-refractivity contribution in [1.29, 1.82) is 0 Å². The molecule has 2 heterocycles. The van der Waals surface area contributed by atoms with Crippen LogP contribution in [0.25, 0.3) is 22.1 Å². The monoisotopic (exact) mass is 391 g/mol. The Bertz CT molecular complexity index is 1180. The Morgan fingerprint density at radius 3 is 2.41 bits per heavy atom. The lowest BCUT2D eigenvalue weighted by molar-refractivity contribution is -0.122. The Morgan fingerprint density at radius 2 is 1.72 bits per heavy atom. The van der Waals surface area contributed by atoms with Crippen LogP contribution in [0.3, 0.4) is 0 Å². The fraction of sp³-hybridized carbons (Fsp3) is 0.318. The van der Waals surface area contributed by atoms with Gasteiger partial charge < -0.3 is 10.3 Å². The normalized spacial score (nSPS) is 12.5. The molecule has 0 saturated heterocycles. The molecule has 1 unspecified atom stereocenters. The highest BCUT2D eigenvalue weighted by Gasteiger charge is 2.16. The van der Waals surface area contributed by atoms with E-state index >= 15 is 0 Å². The fourth-order valence-corrected chi connectivity index (χ4v) is 3.70. The molecule has 2 aromatic carbocycles. The maximum absolute atomic E-state index is 12.8. The number of aromatic amines is 1. The largest absolute Gasteiger partial charge is 0.346 e. The molecule has 0 aliphatic heterocycles. The van der Waals surface area contributed by atoms with Crippen LogP contribution in [0, 0.1) is 0 Å². The summed E-state index contributed by atoms with van der Waals surface area (Å²) in [5, 5.41) is 2.97. The van der Waals surface area contributed by atoms with E-state index in [0.717, 1.165) is 34.3 Å². The van der Waals surface area contributed by atoms with Gasteiger partial charge in [-0.15, -0.1) is 0 Å². The van der Waals surface area contributed by atoms with Gasteiger partial charge in [0, 0.05) is 19.5 Å². The van der Waals surface area contributed by atoms with Crippen LogP contribution < -0.4 is 11.0 Å². The van der Waals surface area contributed by atoms with Crippen molar-refractivity contribution in [3.05, 3.63) is 64.8 Å². The molecule has 0 radical (unpaired) electrons. The molecule has 1 atom stereocenters. The number of rotatable bonds is 7. The average molecular weight is 391 g/mol. The molecule has 7 nitrogen and oxygen atoms in total. The maximum atomic E-state index is 12.8. The molecule has 0 aliphatic rings. The summed E-state index contributed by atoms with van der Waals surface area (Å²) in [6.45, 7) is 4.96. The predicted octanol–water partition coefficient (Wildman–Crippen LogP) is 3.36. The van der Waals surface area contributed by atoms with Crippen molar-refractivity contribution in [2.75, 3.05) is 0 Å². The molecule has 0 spiro atoms. The Morgan fingerprint density at radius 1 is 1.07 bits per heavy atom. The van der Waals surface area contributed by atoms with Crippen LogP contribution in [0.15, 0.2) is 53.3 Å². The highest BCUT2D eigenvalue weighted by Crippen LogP contribution is 2.16. The highest BCUT2D eigenvalue weighted by atomic mass is 16.2. The van der Waals surface area contributed by atoms with Gasteiger partial charge in [-0.2, -0.15) is 0 Å². The van der Waals surface area contributed by atoms with Gasteiger partial charge in [-0.25, -0.2) is 9.78 Å². The molecule has 29 heavy (non-hydrogen) atoms. The summed E-state index contributed by atoms with van der Waals surface area (Å²) in [6, 6.07) is 15.3. The standard InChI is InChI=1S/C22H25N5O2/c1-3-13-26-18-10-6-7-11-19(18)27(22(26)29)14-12-20(28)23-15(2)21-24-16-8-4-5-9-17(16)25-21/h4-11,15H,3,12-14H2,1-2H3,(H,23,28)(H,24,25). The third-order valence-electron chi connectivity index (χ3n) is 5.13. The molecular weight excluding hydrogens is 366 g/mol. The van der Waals surface area contributed by atoms with Crippen LogP contribution in [-0.4, -0.2) is 25.0 Å². The number of aromatic nitrogens is 4. The van der Waals surface area contributed by atoms with E-state index in [4.69, 9.17) is 0 Å². The van der Waals surface area contributed by atoms with Crippen LogP contribution in [0.4, 0.5) is 0 Å². The molecule has 2 aromatic heterocycles. The van der Waals surface area contributed by atoms with E-state index in [9.17, 15) is 9.59 Å². The maximum Gasteiger partial charge on any atom is 0.329 e. The van der Waals surface area contributed by atoms with Crippen molar-refractivity contribution in [3.8, 4) is 0 Å². The summed E-state index contributed by atoms with van der Waals surface area (Å²) >= 11 is 0. The number of H-pyrrole nitrogens is 1. The first-order valence-electron chi connectivity index (χ1n) is 10.0. The number of aryl methyl sites for hydroxylation is 2. The van der Waals surface area contributed by atoms with Gasteiger partial charge in [0.15, 0.2) is 0 Å². The molecule has 0 saturated carbocycles. The zero-order chi connectivity index (χ0) is 20.4. The summed E-state index contributed by atoms with van der Waals surface area (Å²) in [6.07, 6.45) is 1.11. The van der Waals surface area contributed by atoms with Crippen molar-refractivity contribution in [1.82, 2.24) is 24.4 Å². The summed E-state index contributed by atoms with van der Waals surface area (Å²) in [5.74, 6) is 0.605. The second kappa shape index (κ2) is 7.95. The first-order valence-corrected chi connectivity index (χ1v) is 10.0. The van der Waals surface area contributed by atoms with Crippen molar-refractivity contribution in [2.45, 2.75) is 45.8 Å². The number of benzene rings is 2. The van der Waals surface area contributed by atoms with E-state index in [0.29, 0.717) is 13.1 Å². The molecule has 0 fully saturated rings. The number of fused-ring (bicyclic) bond motifs is 2. The number of nitrogens with zero attached hydrogens (tertiary/aromatic N) is 3. The van der Waals surface area contributed by atoms with Crippen molar-refractivity contribution < 1.29 is 4.79 Å². The zero-order valence-electron chi connectivity index (χ0n) is 16.7. The Labute approximate surface area is 168 Å². The second-order valence-electron chi connectivity index (χ2n) is 7.25. The van der Waals surface area contributed by atoms with Crippen LogP contribution in [0.1, 0.15) is 38.6 Å². The van der Waals surface area contributed by atoms with Gasteiger partial charge >= 0.3 is 5.69 Å². The van der Waals surface area contributed by atoms with E-state index in [2.05, 4.69) is 15.3 Å². The number of nitrogens with one attached hydrogen (secondary N) is 2. The number of hydrogen-bond donors (Lipinski definition) is 2. The van der Waals surface area contributed by atoms with Gasteiger partial charge in [0.25, 0.3) is 0 Å². The highest BCUT2D eigenvalue weighted by molar-refractivity contribution is 5.79. The summed E-state index contributed by atoms with van der Waals surface area (Å²) in [4.78, 5) is 33.1. The third-order valence-corrected chi connectivity index (χ3v) is 5.13. The smallest absolute Gasteiger partial charge is 0.329 e. The van der Waals surface area contributed by atoms with E-state index in [1.165, 1.54) is 0 Å². The summed E-state index contributed by atoms with van der Waals surface area (Å²) in [7, 11) is 0. The molecule has 4 rings (SSSR count). The van der Waals surface area contributed by atoms with Gasteiger partial charge in [0.2, 0.25) is 5.91 Å². The van der Waals surface area contributed by atoms with Gasteiger partial charge in [-0.1, -0.05) is 31.2 Å². The predicted molar refractivity (Wildman–Crippen MR) is 114 cm³/mol. The molecule has 4 aromatic rings. The molecule has 7 heteroatoms. The molecular formula is C22H25N5O2. The van der Waals surface area contributed by atoms with E-state index in [1.807, 2.05) is 62.4 Å². The number of amides is 1. The number of para-hydroxylation sites is 4. The Hall–Kier alpha value is -3.35. The SMILES string of the molecule is CCCn1c(=O)n(CCC(=O)NC(C)c2nc3ccccc3[nH]2)c2ccccc21. The lowest BCUT2D eigenvalue weighted by Gasteiger charge is -2.11. The number of carbonyl (C=O) groups is 1. The first kappa shape index (κ1) is 19.0. The Balaban J connectivity index is 1.47. The molecule has 0 aliphatic carbocycles. The van der Waals surface area contributed by atoms with Gasteiger partial charge in [-0.05, 0) is 37.6 Å². The lowest BCUT2D eigenvalue weighted by atomic mass is 10.3. The molecule has 0 bridgehead atoms. The van der Waals surface area contributed by atoms with E-state index in [-0.39, 0.29) is 24.1 Å². The number of carbonyl (C=O) groups excluding carboxylic acids is 1. The van der Waals surface area contributed by atoms with Crippen LogP contribution >= 0.6 is 0 Å². The van der Waals surface area contributed by atoms with Crippen LogP contribution in [0.2, 0.25) is 0 Å². The summed E-state index contributed by atoms with van der Waals surface area (Å²) < 4.78 is 3.47. The number of imidazole rings is 2. The Kier molecular flexibility index (Phi) is 5.20. The first-order chi connectivity index (χ1) is 14.1.